The fourth-order valence-corrected chi connectivity index (χ4v) is 4.76. The molecule has 1 aliphatic heterocycles. The Labute approximate surface area is 245 Å². The van der Waals surface area contributed by atoms with Crippen LogP contribution in [0, 0.1) is 5.82 Å². The first kappa shape index (κ1) is 32.5. The third kappa shape index (κ3) is 9.22. The SMILES string of the molecule is CN(CCON=C1CCN(c2ncc(-c3cccc(CO[Si](C)(C)C(C)(C)C)c3F)cn2)CC1)C(=O)OC(C)(C)C. The van der Waals surface area contributed by atoms with Gasteiger partial charge in [-0.05, 0) is 38.9 Å². The Balaban J connectivity index is 1.51. The lowest BCUT2D eigenvalue weighted by Gasteiger charge is -2.36. The van der Waals surface area contributed by atoms with E-state index in [1.807, 2.05) is 26.8 Å². The van der Waals surface area contributed by atoms with Crippen molar-refractivity contribution in [3.63, 3.8) is 0 Å². The van der Waals surface area contributed by atoms with Gasteiger partial charge in [-0.1, -0.05) is 44.1 Å². The van der Waals surface area contributed by atoms with Crippen LogP contribution < -0.4 is 4.90 Å². The molecular formula is C30H46FN5O4Si. The van der Waals surface area contributed by atoms with E-state index in [9.17, 15) is 4.79 Å². The average molecular weight is 588 g/mol. The maximum atomic E-state index is 15.4. The van der Waals surface area contributed by atoms with Crippen LogP contribution in [0.5, 0.6) is 0 Å². The molecule has 0 spiro atoms. The van der Waals surface area contributed by atoms with Gasteiger partial charge in [0.25, 0.3) is 0 Å². The molecule has 3 rings (SSSR count). The van der Waals surface area contributed by atoms with Gasteiger partial charge in [0.2, 0.25) is 5.95 Å². The van der Waals surface area contributed by atoms with Gasteiger partial charge in [0, 0.05) is 62.1 Å². The number of carbonyl (C=O) groups excluding carboxylic acids is 1. The molecule has 41 heavy (non-hydrogen) atoms. The average Bonchev–Trinajstić information content (AvgIpc) is 2.89. The van der Waals surface area contributed by atoms with Crippen LogP contribution in [0.15, 0.2) is 35.7 Å². The summed E-state index contributed by atoms with van der Waals surface area (Å²) in [5.41, 5.74) is 2.06. The molecule has 0 bridgehead atoms. The number of likely N-dealkylation sites (N-methyl/N-ethyl adjacent to an activating group) is 1. The van der Waals surface area contributed by atoms with Crippen molar-refractivity contribution in [2.45, 2.75) is 84.7 Å². The fourth-order valence-electron chi connectivity index (χ4n) is 3.81. The minimum Gasteiger partial charge on any atom is -0.444 e. The number of hydrogen-bond acceptors (Lipinski definition) is 8. The Morgan fingerprint density at radius 3 is 2.32 bits per heavy atom. The van der Waals surface area contributed by atoms with Crippen LogP contribution in [-0.4, -0.2) is 73.9 Å². The molecule has 1 aromatic heterocycles. The highest BCUT2D eigenvalue weighted by atomic mass is 28.4. The third-order valence-electron chi connectivity index (χ3n) is 7.46. The maximum Gasteiger partial charge on any atom is 0.410 e. The monoisotopic (exact) mass is 587 g/mol. The number of anilines is 1. The Morgan fingerprint density at radius 2 is 1.73 bits per heavy atom. The zero-order valence-corrected chi connectivity index (χ0v) is 27.1. The standard InChI is InChI=1S/C30H46FN5O4Si/c1-29(2,3)40-28(37)35(7)17-18-38-34-24-13-15-36(16-14-24)27-32-19-23(20-33-27)25-12-10-11-22(26(25)31)21-39-41(8,9)30(4,5)6/h10-12,19-20H,13-18,21H2,1-9H3. The smallest absolute Gasteiger partial charge is 0.410 e. The molecule has 1 fully saturated rings. The molecule has 9 nitrogen and oxygen atoms in total. The van der Waals surface area contributed by atoms with Gasteiger partial charge in [-0.2, -0.15) is 0 Å². The first-order valence-electron chi connectivity index (χ1n) is 14.2. The van der Waals surface area contributed by atoms with Crippen LogP contribution in [0.1, 0.15) is 59.9 Å². The number of carbonyl (C=O) groups is 1. The highest BCUT2D eigenvalue weighted by Crippen LogP contribution is 2.37. The second-order valence-electron chi connectivity index (χ2n) is 13.0. The van der Waals surface area contributed by atoms with E-state index < -0.39 is 13.9 Å². The summed E-state index contributed by atoms with van der Waals surface area (Å²) in [5, 5.41) is 4.31. The second-order valence-corrected chi connectivity index (χ2v) is 17.8. The van der Waals surface area contributed by atoms with Crippen molar-refractivity contribution in [3.05, 3.63) is 42.0 Å². The van der Waals surface area contributed by atoms with Crippen molar-refractivity contribution in [2.75, 3.05) is 38.2 Å². The summed E-state index contributed by atoms with van der Waals surface area (Å²) in [6.07, 6.45) is 4.40. The Morgan fingerprint density at radius 1 is 1.10 bits per heavy atom. The molecule has 0 unspecified atom stereocenters. The zero-order chi connectivity index (χ0) is 30.4. The normalized spacial score (nSPS) is 14.6. The summed E-state index contributed by atoms with van der Waals surface area (Å²) in [7, 11) is -0.326. The van der Waals surface area contributed by atoms with Crippen LogP contribution in [0.25, 0.3) is 11.1 Å². The summed E-state index contributed by atoms with van der Waals surface area (Å²) < 4.78 is 27.0. The number of nitrogens with zero attached hydrogens (tertiary/aromatic N) is 5. The summed E-state index contributed by atoms with van der Waals surface area (Å²) in [5.74, 6) is 0.309. The number of piperidine rings is 1. The largest absolute Gasteiger partial charge is 0.444 e. The van der Waals surface area contributed by atoms with Gasteiger partial charge in [-0.25, -0.2) is 19.2 Å². The molecule has 11 heteroatoms. The highest BCUT2D eigenvalue weighted by Gasteiger charge is 2.37. The van der Waals surface area contributed by atoms with Crippen molar-refractivity contribution < 1.29 is 23.2 Å². The number of aromatic nitrogens is 2. The van der Waals surface area contributed by atoms with Crippen molar-refractivity contribution in [3.8, 4) is 11.1 Å². The quantitative estimate of drug-likeness (QED) is 0.184. The van der Waals surface area contributed by atoms with Gasteiger partial charge in [0.15, 0.2) is 8.32 Å². The molecule has 0 radical (unpaired) electrons. The van der Waals surface area contributed by atoms with Crippen LogP contribution in [0.3, 0.4) is 0 Å². The van der Waals surface area contributed by atoms with Gasteiger partial charge in [-0.15, -0.1) is 0 Å². The summed E-state index contributed by atoms with van der Waals surface area (Å²) >= 11 is 0. The fraction of sp³-hybridized carbons (Fsp3) is 0.600. The number of benzene rings is 1. The first-order valence-corrected chi connectivity index (χ1v) is 17.1. The van der Waals surface area contributed by atoms with E-state index in [-0.39, 0.29) is 30.2 Å². The minimum absolute atomic E-state index is 0.0547. The lowest BCUT2D eigenvalue weighted by molar-refractivity contribution is 0.0235. The molecule has 226 valence electrons. The number of halogens is 1. The predicted molar refractivity (Wildman–Crippen MR) is 163 cm³/mol. The molecule has 1 aromatic carbocycles. The van der Waals surface area contributed by atoms with Crippen LogP contribution in [0.2, 0.25) is 18.1 Å². The Hall–Kier alpha value is -3.05. The summed E-state index contributed by atoms with van der Waals surface area (Å²) in [6, 6.07) is 5.37. The molecule has 1 saturated heterocycles. The van der Waals surface area contributed by atoms with Gasteiger partial charge < -0.3 is 23.8 Å². The molecule has 0 N–H and O–H groups in total. The van der Waals surface area contributed by atoms with E-state index >= 15 is 4.39 Å². The Kier molecular flexibility index (Phi) is 10.5. The van der Waals surface area contributed by atoms with Gasteiger partial charge in [-0.3, -0.25) is 0 Å². The van der Waals surface area contributed by atoms with Gasteiger partial charge in [0.1, 0.15) is 18.0 Å². The van der Waals surface area contributed by atoms with Crippen LogP contribution >= 0.6 is 0 Å². The summed E-state index contributed by atoms with van der Waals surface area (Å²) in [4.78, 5) is 30.1. The van der Waals surface area contributed by atoms with Gasteiger partial charge in [0.05, 0.1) is 18.9 Å². The molecule has 0 saturated carbocycles. The molecule has 1 amide bonds. The third-order valence-corrected chi connectivity index (χ3v) is 11.9. The number of rotatable bonds is 9. The van der Waals surface area contributed by atoms with E-state index in [1.54, 1.807) is 31.6 Å². The van der Waals surface area contributed by atoms with E-state index in [0.717, 1.165) is 18.6 Å². The number of ether oxygens (including phenoxy) is 1. The maximum absolute atomic E-state index is 15.4. The molecule has 2 aromatic rings. The van der Waals surface area contributed by atoms with E-state index in [4.69, 9.17) is 14.0 Å². The molecule has 1 aliphatic rings. The topological polar surface area (TPSA) is 89.4 Å². The number of oxime groups is 1. The van der Waals surface area contributed by atoms with E-state index in [0.29, 0.717) is 42.3 Å². The van der Waals surface area contributed by atoms with Crippen LogP contribution in [0.4, 0.5) is 15.1 Å². The zero-order valence-electron chi connectivity index (χ0n) is 26.1. The highest BCUT2D eigenvalue weighted by molar-refractivity contribution is 6.74. The Bertz CT molecular complexity index is 1200. The van der Waals surface area contributed by atoms with Crippen molar-refractivity contribution in [1.82, 2.24) is 14.9 Å². The molecule has 0 aliphatic carbocycles. The lowest BCUT2D eigenvalue weighted by Crippen LogP contribution is -2.40. The van der Waals surface area contributed by atoms with E-state index in [2.05, 4.69) is 53.9 Å². The van der Waals surface area contributed by atoms with E-state index in [1.165, 1.54) is 4.90 Å². The van der Waals surface area contributed by atoms with Crippen molar-refractivity contribution in [2.24, 2.45) is 5.16 Å². The number of amides is 1. The second kappa shape index (κ2) is 13.3. The molecular weight excluding hydrogens is 541 g/mol. The molecule has 2 heterocycles. The number of hydrogen-bond donors (Lipinski definition) is 0. The minimum atomic E-state index is -2.00. The summed E-state index contributed by atoms with van der Waals surface area (Å²) in [6.45, 7) is 18.7. The predicted octanol–water partition coefficient (Wildman–Crippen LogP) is 6.64. The van der Waals surface area contributed by atoms with Crippen molar-refractivity contribution >= 4 is 26.1 Å². The van der Waals surface area contributed by atoms with Crippen LogP contribution in [-0.2, 0) is 20.6 Å². The van der Waals surface area contributed by atoms with Gasteiger partial charge >= 0.3 is 6.09 Å². The molecule has 0 atom stereocenters. The first-order chi connectivity index (χ1) is 19.1. The van der Waals surface area contributed by atoms with Crippen molar-refractivity contribution in [1.29, 1.82) is 0 Å². The lowest BCUT2D eigenvalue weighted by atomic mass is 10.1.